The Balaban J connectivity index is 1.41. The van der Waals surface area contributed by atoms with Gasteiger partial charge >= 0.3 is 0 Å². The molecule has 1 aliphatic rings. The van der Waals surface area contributed by atoms with Crippen LogP contribution in [0.15, 0.2) is 48.5 Å². The lowest BCUT2D eigenvalue weighted by Crippen LogP contribution is -2.42. The lowest BCUT2D eigenvalue weighted by atomic mass is 10.2. The smallest absolute Gasteiger partial charge is 0.258 e. The van der Waals surface area contributed by atoms with Crippen molar-refractivity contribution < 1.29 is 19.0 Å². The summed E-state index contributed by atoms with van der Waals surface area (Å²) in [4.78, 5) is 11.9. The van der Waals surface area contributed by atoms with Crippen LogP contribution in [0.4, 0.5) is 0 Å². The van der Waals surface area contributed by atoms with Gasteiger partial charge in [0.25, 0.3) is 5.91 Å². The van der Waals surface area contributed by atoms with Crippen LogP contribution in [0.25, 0.3) is 0 Å². The molecule has 0 bridgehead atoms. The molecule has 2 aromatic carbocycles. The van der Waals surface area contributed by atoms with Crippen molar-refractivity contribution in [2.75, 3.05) is 19.8 Å². The zero-order chi connectivity index (χ0) is 16.8. The molecule has 0 aliphatic carbocycles. The summed E-state index contributed by atoms with van der Waals surface area (Å²) in [6, 6.07) is 15.3. The number of fused-ring (bicyclic) bond motifs is 1. The molecule has 1 heterocycles. The Kier molecular flexibility index (Phi) is 5.21. The number of para-hydroxylation sites is 2. The number of rotatable bonds is 6. The van der Waals surface area contributed by atoms with Crippen LogP contribution < -0.4 is 19.5 Å². The number of carbonyl (C=O) groups excluding carboxylic acids is 1. The van der Waals surface area contributed by atoms with E-state index in [9.17, 15) is 4.79 Å². The number of aryl methyl sites for hydroxylation is 1. The van der Waals surface area contributed by atoms with Gasteiger partial charge in [-0.2, -0.15) is 0 Å². The number of carbonyl (C=O) groups is 1. The number of hydrogen-bond acceptors (Lipinski definition) is 4. The Bertz CT molecular complexity index is 684. The second-order valence-electron chi connectivity index (χ2n) is 5.59. The predicted octanol–water partition coefficient (Wildman–Crippen LogP) is 2.58. The Morgan fingerprint density at radius 1 is 1.17 bits per heavy atom. The second-order valence-corrected chi connectivity index (χ2v) is 5.59. The number of nitrogens with one attached hydrogen (secondary N) is 1. The highest BCUT2D eigenvalue weighted by atomic mass is 16.6. The lowest BCUT2D eigenvalue weighted by Gasteiger charge is -2.26. The molecule has 0 saturated carbocycles. The average Bonchev–Trinajstić information content (AvgIpc) is 2.65. The van der Waals surface area contributed by atoms with E-state index in [-0.39, 0.29) is 18.6 Å². The van der Waals surface area contributed by atoms with Crippen molar-refractivity contribution >= 4 is 5.91 Å². The standard InChI is InChI=1S/C19H21NO4/c1-2-14-7-9-15(10-8-14)22-13-19(21)20-11-16-12-23-17-5-3-4-6-18(17)24-16/h3-10,16H,2,11-13H2,1H3,(H,20,21)/t16-/m0/s1. The summed E-state index contributed by atoms with van der Waals surface area (Å²) in [5.41, 5.74) is 1.24. The Hall–Kier alpha value is -2.69. The van der Waals surface area contributed by atoms with Gasteiger partial charge < -0.3 is 19.5 Å². The van der Waals surface area contributed by atoms with Gasteiger partial charge in [-0.1, -0.05) is 31.2 Å². The zero-order valence-electron chi connectivity index (χ0n) is 13.7. The van der Waals surface area contributed by atoms with Crippen LogP contribution in [0, 0.1) is 0 Å². The van der Waals surface area contributed by atoms with Gasteiger partial charge in [0.1, 0.15) is 18.5 Å². The highest BCUT2D eigenvalue weighted by molar-refractivity contribution is 5.77. The van der Waals surface area contributed by atoms with Crippen molar-refractivity contribution in [1.29, 1.82) is 0 Å². The minimum atomic E-state index is -0.201. The Labute approximate surface area is 141 Å². The van der Waals surface area contributed by atoms with Gasteiger partial charge in [-0.3, -0.25) is 4.79 Å². The van der Waals surface area contributed by atoms with Gasteiger partial charge in [-0.25, -0.2) is 0 Å². The summed E-state index contributed by atoms with van der Waals surface area (Å²) in [5.74, 6) is 1.94. The summed E-state index contributed by atoms with van der Waals surface area (Å²) < 4.78 is 16.9. The van der Waals surface area contributed by atoms with Crippen molar-refractivity contribution in [3.63, 3.8) is 0 Å². The van der Waals surface area contributed by atoms with Crippen molar-refractivity contribution in [3.8, 4) is 17.2 Å². The fourth-order valence-corrected chi connectivity index (χ4v) is 2.41. The number of ether oxygens (including phenoxy) is 3. The summed E-state index contributed by atoms with van der Waals surface area (Å²) in [7, 11) is 0. The SMILES string of the molecule is CCc1ccc(OCC(=O)NC[C@H]2COc3ccccc3O2)cc1. The van der Waals surface area contributed by atoms with E-state index in [0.717, 1.165) is 12.2 Å². The van der Waals surface area contributed by atoms with Crippen LogP contribution in [0.3, 0.4) is 0 Å². The van der Waals surface area contributed by atoms with Gasteiger partial charge in [0.05, 0.1) is 6.54 Å². The quantitative estimate of drug-likeness (QED) is 0.886. The molecule has 2 aromatic rings. The van der Waals surface area contributed by atoms with Crippen molar-refractivity contribution in [3.05, 3.63) is 54.1 Å². The molecule has 5 heteroatoms. The molecule has 1 aliphatic heterocycles. The minimum Gasteiger partial charge on any atom is -0.486 e. The van der Waals surface area contributed by atoms with Gasteiger partial charge in [0.2, 0.25) is 0 Å². The van der Waals surface area contributed by atoms with Crippen LogP contribution in [-0.4, -0.2) is 31.8 Å². The fraction of sp³-hybridized carbons (Fsp3) is 0.316. The number of benzene rings is 2. The first-order valence-corrected chi connectivity index (χ1v) is 8.11. The van der Waals surface area contributed by atoms with E-state index in [1.54, 1.807) is 0 Å². The van der Waals surface area contributed by atoms with Crippen molar-refractivity contribution in [2.45, 2.75) is 19.4 Å². The van der Waals surface area contributed by atoms with Crippen LogP contribution in [0.5, 0.6) is 17.2 Å². The summed E-state index contributed by atoms with van der Waals surface area (Å²) in [6.45, 7) is 2.87. The molecule has 0 spiro atoms. The molecule has 5 nitrogen and oxygen atoms in total. The van der Waals surface area contributed by atoms with Gasteiger partial charge in [0, 0.05) is 0 Å². The minimum absolute atomic E-state index is 0.0182. The van der Waals surface area contributed by atoms with E-state index in [1.165, 1.54) is 5.56 Å². The average molecular weight is 327 g/mol. The third kappa shape index (κ3) is 4.19. The van der Waals surface area contributed by atoms with E-state index in [1.807, 2.05) is 48.5 Å². The van der Waals surface area contributed by atoms with E-state index >= 15 is 0 Å². The van der Waals surface area contributed by atoms with E-state index in [4.69, 9.17) is 14.2 Å². The molecule has 126 valence electrons. The van der Waals surface area contributed by atoms with Gasteiger partial charge in [-0.05, 0) is 36.2 Å². The maximum atomic E-state index is 11.9. The molecule has 1 amide bonds. The van der Waals surface area contributed by atoms with E-state index in [0.29, 0.717) is 24.7 Å². The first-order valence-electron chi connectivity index (χ1n) is 8.11. The fourth-order valence-electron chi connectivity index (χ4n) is 2.41. The largest absolute Gasteiger partial charge is 0.486 e. The van der Waals surface area contributed by atoms with E-state index in [2.05, 4.69) is 12.2 Å². The predicted molar refractivity (Wildman–Crippen MR) is 90.7 cm³/mol. The molecule has 0 fully saturated rings. The summed E-state index contributed by atoms with van der Waals surface area (Å²) in [5, 5.41) is 2.81. The monoisotopic (exact) mass is 327 g/mol. The molecule has 1 atom stereocenters. The maximum Gasteiger partial charge on any atom is 0.258 e. The zero-order valence-corrected chi connectivity index (χ0v) is 13.7. The Morgan fingerprint density at radius 3 is 2.67 bits per heavy atom. The number of hydrogen-bond donors (Lipinski definition) is 1. The number of amides is 1. The van der Waals surface area contributed by atoms with Crippen LogP contribution in [0.1, 0.15) is 12.5 Å². The van der Waals surface area contributed by atoms with E-state index < -0.39 is 0 Å². The molecule has 0 unspecified atom stereocenters. The highest BCUT2D eigenvalue weighted by Gasteiger charge is 2.20. The third-order valence-electron chi connectivity index (χ3n) is 3.80. The highest BCUT2D eigenvalue weighted by Crippen LogP contribution is 2.30. The second kappa shape index (κ2) is 7.73. The van der Waals surface area contributed by atoms with Crippen molar-refractivity contribution in [1.82, 2.24) is 5.32 Å². The van der Waals surface area contributed by atoms with Gasteiger partial charge in [0.15, 0.2) is 18.1 Å². The van der Waals surface area contributed by atoms with Crippen LogP contribution in [0.2, 0.25) is 0 Å². The Morgan fingerprint density at radius 2 is 1.92 bits per heavy atom. The molecule has 0 radical (unpaired) electrons. The van der Waals surface area contributed by atoms with Crippen molar-refractivity contribution in [2.24, 2.45) is 0 Å². The maximum absolute atomic E-state index is 11.9. The third-order valence-corrected chi connectivity index (χ3v) is 3.80. The topological polar surface area (TPSA) is 56.8 Å². The summed E-state index contributed by atoms with van der Waals surface area (Å²) in [6.07, 6.45) is 0.778. The molecular weight excluding hydrogens is 306 g/mol. The lowest BCUT2D eigenvalue weighted by molar-refractivity contribution is -0.123. The van der Waals surface area contributed by atoms with Gasteiger partial charge in [-0.15, -0.1) is 0 Å². The molecule has 0 saturated heterocycles. The molecule has 1 N–H and O–H groups in total. The summed E-state index contributed by atoms with van der Waals surface area (Å²) >= 11 is 0. The first kappa shape index (κ1) is 16.2. The molecule has 3 rings (SSSR count). The molecule has 24 heavy (non-hydrogen) atoms. The van der Waals surface area contributed by atoms with Crippen LogP contribution >= 0.6 is 0 Å². The van der Waals surface area contributed by atoms with Crippen LogP contribution in [-0.2, 0) is 11.2 Å². The normalized spacial score (nSPS) is 15.6. The first-order chi connectivity index (χ1) is 11.7. The molecule has 0 aromatic heterocycles. The molecular formula is C19H21NO4.